The first-order valence-electron chi connectivity index (χ1n) is 6.42. The van der Waals surface area contributed by atoms with Crippen molar-refractivity contribution in [2.45, 2.75) is 39.2 Å². The second kappa shape index (κ2) is 6.73. The number of ether oxygens (including phenoxy) is 1. The van der Waals surface area contributed by atoms with Crippen LogP contribution in [0.2, 0.25) is 0 Å². The molecule has 0 bridgehead atoms. The lowest BCUT2D eigenvalue weighted by Gasteiger charge is -2.23. The number of aryl methyl sites for hydroxylation is 2. The van der Waals surface area contributed by atoms with Gasteiger partial charge in [0, 0.05) is 25.7 Å². The molecule has 1 unspecified atom stereocenters. The molecule has 0 radical (unpaired) electrons. The summed E-state index contributed by atoms with van der Waals surface area (Å²) >= 11 is 0. The van der Waals surface area contributed by atoms with Crippen LogP contribution in [-0.4, -0.2) is 31.3 Å². The Morgan fingerprint density at radius 3 is 2.74 bits per heavy atom. The Labute approximate surface area is 113 Å². The number of nitrogens with one attached hydrogen (secondary N) is 1. The zero-order chi connectivity index (χ0) is 14.5. The van der Waals surface area contributed by atoms with Crippen molar-refractivity contribution in [3.63, 3.8) is 0 Å². The average Bonchev–Trinajstić information content (AvgIpc) is 2.67. The minimum atomic E-state index is -1.13. The Balaban J connectivity index is 2.51. The van der Waals surface area contributed by atoms with Crippen molar-refractivity contribution in [1.82, 2.24) is 5.32 Å². The molecular formula is C14H23NO4. The third kappa shape index (κ3) is 4.69. The van der Waals surface area contributed by atoms with E-state index in [9.17, 15) is 9.90 Å². The smallest absolute Gasteiger partial charge is 0.220 e. The summed E-state index contributed by atoms with van der Waals surface area (Å²) in [5.41, 5.74) is -0.416. The predicted molar refractivity (Wildman–Crippen MR) is 71.9 cm³/mol. The second-order valence-electron chi connectivity index (χ2n) is 4.97. The summed E-state index contributed by atoms with van der Waals surface area (Å²) in [5, 5.41) is 13.1. The fraction of sp³-hybridized carbons (Fsp3) is 0.643. The van der Waals surface area contributed by atoms with Crippen LogP contribution in [0.5, 0.6) is 0 Å². The number of methoxy groups -OCH3 is 1. The molecule has 1 rings (SSSR count). The van der Waals surface area contributed by atoms with Gasteiger partial charge in [-0.3, -0.25) is 4.79 Å². The van der Waals surface area contributed by atoms with Crippen molar-refractivity contribution in [1.29, 1.82) is 0 Å². The van der Waals surface area contributed by atoms with Gasteiger partial charge in [0.15, 0.2) is 0 Å². The summed E-state index contributed by atoms with van der Waals surface area (Å²) < 4.78 is 10.3. The largest absolute Gasteiger partial charge is 0.466 e. The Bertz CT molecular complexity index is 423. The van der Waals surface area contributed by atoms with E-state index in [0.29, 0.717) is 30.8 Å². The zero-order valence-corrected chi connectivity index (χ0v) is 12.1. The number of rotatable bonds is 7. The number of aliphatic hydroxyl groups is 1. The number of amides is 1. The maximum atomic E-state index is 11.6. The number of carbonyl (C=O) groups excluding carboxylic acids is 1. The third-order valence-corrected chi connectivity index (χ3v) is 3.00. The quantitative estimate of drug-likeness (QED) is 0.738. The van der Waals surface area contributed by atoms with Crippen molar-refractivity contribution < 1.29 is 19.1 Å². The number of hydrogen-bond donors (Lipinski definition) is 2. The summed E-state index contributed by atoms with van der Waals surface area (Å²) in [6.45, 7) is 6.02. The maximum Gasteiger partial charge on any atom is 0.220 e. The van der Waals surface area contributed by atoms with E-state index < -0.39 is 5.60 Å². The lowest BCUT2D eigenvalue weighted by Crippen LogP contribution is -2.38. The molecule has 1 aromatic rings. The highest BCUT2D eigenvalue weighted by molar-refractivity contribution is 5.75. The lowest BCUT2D eigenvalue weighted by atomic mass is 9.96. The fourth-order valence-corrected chi connectivity index (χ4v) is 2.00. The van der Waals surface area contributed by atoms with Crippen molar-refractivity contribution >= 4 is 5.91 Å². The van der Waals surface area contributed by atoms with Crippen LogP contribution in [0.1, 0.15) is 36.8 Å². The van der Waals surface area contributed by atoms with Crippen LogP contribution < -0.4 is 5.32 Å². The first kappa shape index (κ1) is 15.7. The minimum Gasteiger partial charge on any atom is -0.466 e. The molecule has 1 atom stereocenters. The molecule has 1 heterocycles. The van der Waals surface area contributed by atoms with E-state index >= 15 is 0 Å². The van der Waals surface area contributed by atoms with E-state index in [4.69, 9.17) is 9.15 Å². The van der Waals surface area contributed by atoms with Gasteiger partial charge in [-0.25, -0.2) is 0 Å². The zero-order valence-electron chi connectivity index (χ0n) is 12.1. The van der Waals surface area contributed by atoms with Gasteiger partial charge < -0.3 is 19.6 Å². The Morgan fingerprint density at radius 1 is 1.53 bits per heavy atom. The molecule has 0 spiro atoms. The summed E-state index contributed by atoms with van der Waals surface area (Å²) in [4.78, 5) is 11.6. The summed E-state index contributed by atoms with van der Waals surface area (Å²) in [5.74, 6) is 1.34. The summed E-state index contributed by atoms with van der Waals surface area (Å²) in [6, 6.07) is 1.80. The first-order chi connectivity index (χ1) is 8.86. The summed E-state index contributed by atoms with van der Waals surface area (Å²) in [6.07, 6.45) is 1.07. The molecule has 0 aromatic carbocycles. The molecule has 0 saturated carbocycles. The molecule has 0 aliphatic heterocycles. The van der Waals surface area contributed by atoms with Crippen molar-refractivity contribution in [2.24, 2.45) is 0 Å². The predicted octanol–water partition coefficient (Wildman–Crippen LogP) is 1.65. The van der Waals surface area contributed by atoms with Crippen LogP contribution in [-0.2, 0) is 15.1 Å². The van der Waals surface area contributed by atoms with E-state index in [0.717, 1.165) is 5.76 Å². The van der Waals surface area contributed by atoms with Gasteiger partial charge in [-0.2, -0.15) is 0 Å². The topological polar surface area (TPSA) is 71.7 Å². The molecule has 1 amide bonds. The van der Waals surface area contributed by atoms with Crippen molar-refractivity contribution in [3.8, 4) is 0 Å². The van der Waals surface area contributed by atoms with Crippen LogP contribution in [0.4, 0.5) is 0 Å². The van der Waals surface area contributed by atoms with Gasteiger partial charge >= 0.3 is 0 Å². The Hall–Kier alpha value is -1.33. The van der Waals surface area contributed by atoms with Crippen LogP contribution in [0.3, 0.4) is 0 Å². The molecule has 108 valence electrons. The van der Waals surface area contributed by atoms with Gasteiger partial charge in [0.25, 0.3) is 0 Å². The SMILES string of the molecule is COCCCC(=O)NCC(C)(O)c1cc(C)oc1C. The van der Waals surface area contributed by atoms with Gasteiger partial charge in [-0.05, 0) is 33.3 Å². The number of hydrogen-bond acceptors (Lipinski definition) is 4. The Kier molecular flexibility index (Phi) is 5.57. The molecule has 19 heavy (non-hydrogen) atoms. The highest BCUT2D eigenvalue weighted by atomic mass is 16.5. The molecular weight excluding hydrogens is 246 g/mol. The van der Waals surface area contributed by atoms with Gasteiger partial charge in [0.2, 0.25) is 5.91 Å². The molecule has 5 heteroatoms. The van der Waals surface area contributed by atoms with E-state index in [1.165, 1.54) is 0 Å². The second-order valence-corrected chi connectivity index (χ2v) is 4.97. The summed E-state index contributed by atoms with van der Waals surface area (Å²) in [7, 11) is 1.60. The van der Waals surface area contributed by atoms with Gasteiger partial charge in [-0.15, -0.1) is 0 Å². The normalized spacial score (nSPS) is 14.2. The van der Waals surface area contributed by atoms with E-state index in [-0.39, 0.29) is 12.5 Å². The van der Waals surface area contributed by atoms with E-state index in [1.54, 1.807) is 27.0 Å². The van der Waals surface area contributed by atoms with Crippen molar-refractivity contribution in [3.05, 3.63) is 23.2 Å². The van der Waals surface area contributed by atoms with Crippen LogP contribution in [0.25, 0.3) is 0 Å². The van der Waals surface area contributed by atoms with Crippen LogP contribution in [0, 0.1) is 13.8 Å². The molecule has 2 N–H and O–H groups in total. The lowest BCUT2D eigenvalue weighted by molar-refractivity contribution is -0.122. The highest BCUT2D eigenvalue weighted by Crippen LogP contribution is 2.26. The van der Waals surface area contributed by atoms with E-state index in [1.807, 2.05) is 6.92 Å². The maximum absolute atomic E-state index is 11.6. The average molecular weight is 269 g/mol. The van der Waals surface area contributed by atoms with Crippen LogP contribution >= 0.6 is 0 Å². The molecule has 1 aromatic heterocycles. The third-order valence-electron chi connectivity index (χ3n) is 3.00. The number of furan rings is 1. The van der Waals surface area contributed by atoms with Gasteiger partial charge in [0.05, 0.1) is 6.54 Å². The van der Waals surface area contributed by atoms with Crippen molar-refractivity contribution in [2.75, 3.05) is 20.3 Å². The molecule has 0 fully saturated rings. The highest BCUT2D eigenvalue weighted by Gasteiger charge is 2.28. The fourth-order valence-electron chi connectivity index (χ4n) is 2.00. The standard InChI is InChI=1S/C14H23NO4/c1-10-8-12(11(2)19-10)14(3,17)9-15-13(16)6-5-7-18-4/h8,17H,5-7,9H2,1-4H3,(H,15,16). The molecule has 0 aliphatic rings. The first-order valence-corrected chi connectivity index (χ1v) is 6.42. The minimum absolute atomic E-state index is 0.0878. The van der Waals surface area contributed by atoms with Gasteiger partial charge in [0.1, 0.15) is 17.1 Å². The molecule has 5 nitrogen and oxygen atoms in total. The monoisotopic (exact) mass is 269 g/mol. The van der Waals surface area contributed by atoms with E-state index in [2.05, 4.69) is 5.32 Å². The molecule has 0 aliphatic carbocycles. The number of carbonyl (C=O) groups is 1. The van der Waals surface area contributed by atoms with Crippen LogP contribution in [0.15, 0.2) is 10.5 Å². The molecule has 0 saturated heterocycles. The van der Waals surface area contributed by atoms with Gasteiger partial charge in [-0.1, -0.05) is 0 Å². The Morgan fingerprint density at radius 2 is 2.21 bits per heavy atom.